The molecule has 1 fully saturated rings. The van der Waals surface area contributed by atoms with E-state index in [9.17, 15) is 9.59 Å². The van der Waals surface area contributed by atoms with Gasteiger partial charge in [0.25, 0.3) is 0 Å². The summed E-state index contributed by atoms with van der Waals surface area (Å²) in [6.07, 6.45) is 5.65. The minimum absolute atomic E-state index is 0.00735. The number of carbonyl (C=O) groups excluding carboxylic acids is 2. The van der Waals surface area contributed by atoms with E-state index in [0.717, 1.165) is 36.3 Å². The lowest BCUT2D eigenvalue weighted by Crippen LogP contribution is -2.45. The topological polar surface area (TPSA) is 83.6 Å². The number of benzene rings is 1. The van der Waals surface area contributed by atoms with Crippen LogP contribution in [-0.4, -0.2) is 41.0 Å². The Labute approximate surface area is 164 Å². The molecule has 4 rings (SSSR count). The Hall–Kier alpha value is -3.09. The number of rotatable bonds is 6. The molecule has 2 aliphatic heterocycles. The molecule has 0 unspecified atom stereocenters. The van der Waals surface area contributed by atoms with Gasteiger partial charge in [0.2, 0.25) is 5.91 Å². The fourth-order valence-corrected chi connectivity index (χ4v) is 3.65. The van der Waals surface area contributed by atoms with Crippen molar-refractivity contribution in [3.05, 3.63) is 59.4 Å². The zero-order valence-electron chi connectivity index (χ0n) is 15.7. The van der Waals surface area contributed by atoms with E-state index < -0.39 is 0 Å². The van der Waals surface area contributed by atoms with Crippen LogP contribution in [-0.2, 0) is 24.3 Å². The molecule has 7 nitrogen and oxygen atoms in total. The van der Waals surface area contributed by atoms with E-state index in [2.05, 4.69) is 21.7 Å². The normalized spacial score (nSPS) is 17.6. The molecular formula is C21H24N4O3. The molecule has 2 aliphatic rings. The van der Waals surface area contributed by atoms with Crippen molar-refractivity contribution < 1.29 is 14.3 Å². The quantitative estimate of drug-likeness (QED) is 0.803. The fraction of sp³-hybridized carbons (Fsp3) is 0.381. The Balaban J connectivity index is 1.40. The summed E-state index contributed by atoms with van der Waals surface area (Å²) >= 11 is 0. The molecule has 7 heteroatoms. The Bertz CT molecular complexity index is 856. The van der Waals surface area contributed by atoms with Gasteiger partial charge in [-0.05, 0) is 35.2 Å². The molecule has 146 valence electrons. The molecule has 0 saturated carbocycles. The van der Waals surface area contributed by atoms with E-state index in [0.29, 0.717) is 26.1 Å². The highest BCUT2D eigenvalue weighted by atomic mass is 16.5. The third kappa shape index (κ3) is 4.42. The monoisotopic (exact) mass is 380 g/mol. The first-order valence-electron chi connectivity index (χ1n) is 9.63. The van der Waals surface area contributed by atoms with E-state index in [-0.39, 0.29) is 18.0 Å². The highest BCUT2D eigenvalue weighted by Crippen LogP contribution is 2.25. The van der Waals surface area contributed by atoms with Crippen LogP contribution in [0.1, 0.15) is 29.5 Å². The van der Waals surface area contributed by atoms with E-state index in [1.54, 1.807) is 17.3 Å². The molecule has 0 aliphatic carbocycles. The fourth-order valence-electron chi connectivity index (χ4n) is 3.65. The molecular weight excluding hydrogens is 356 g/mol. The van der Waals surface area contributed by atoms with Gasteiger partial charge in [0.15, 0.2) is 0 Å². The third-order valence-corrected chi connectivity index (χ3v) is 5.11. The second-order valence-corrected chi connectivity index (χ2v) is 7.24. The van der Waals surface area contributed by atoms with Gasteiger partial charge in [-0.3, -0.25) is 9.78 Å². The van der Waals surface area contributed by atoms with Crippen molar-refractivity contribution >= 4 is 11.9 Å². The summed E-state index contributed by atoms with van der Waals surface area (Å²) in [6, 6.07) is 9.67. The Morgan fingerprint density at radius 1 is 1.29 bits per heavy atom. The minimum atomic E-state index is -0.151. The number of fused-ring (bicyclic) bond motifs is 1. The van der Waals surface area contributed by atoms with Crippen LogP contribution in [0, 0.1) is 0 Å². The van der Waals surface area contributed by atoms with Crippen LogP contribution < -0.4 is 15.4 Å². The molecule has 28 heavy (non-hydrogen) atoms. The highest BCUT2D eigenvalue weighted by Gasteiger charge is 2.25. The molecule has 1 atom stereocenters. The first kappa shape index (κ1) is 18.3. The van der Waals surface area contributed by atoms with Crippen LogP contribution in [0.3, 0.4) is 0 Å². The lowest BCUT2D eigenvalue weighted by Gasteiger charge is -2.26. The number of nitrogens with zero attached hydrogens (tertiary/aromatic N) is 2. The molecule has 1 saturated heterocycles. The molecule has 2 N–H and O–H groups in total. The predicted octanol–water partition coefficient (Wildman–Crippen LogP) is 2.01. The molecule has 3 heterocycles. The third-order valence-electron chi connectivity index (χ3n) is 5.11. The van der Waals surface area contributed by atoms with Crippen molar-refractivity contribution in [1.29, 1.82) is 0 Å². The number of carbonyl (C=O) groups is 2. The van der Waals surface area contributed by atoms with Crippen LogP contribution in [0.4, 0.5) is 4.79 Å². The maximum Gasteiger partial charge on any atom is 0.318 e. The zero-order chi connectivity index (χ0) is 19.3. The number of amides is 3. The van der Waals surface area contributed by atoms with Gasteiger partial charge in [-0.25, -0.2) is 4.79 Å². The number of aromatic nitrogens is 1. The number of urea groups is 1. The second-order valence-electron chi connectivity index (χ2n) is 7.24. The van der Waals surface area contributed by atoms with Gasteiger partial charge in [0.05, 0.1) is 6.61 Å². The van der Waals surface area contributed by atoms with Gasteiger partial charge in [0.1, 0.15) is 5.75 Å². The van der Waals surface area contributed by atoms with E-state index in [1.165, 1.54) is 5.56 Å². The molecule has 0 bridgehead atoms. The van der Waals surface area contributed by atoms with Gasteiger partial charge in [0, 0.05) is 50.9 Å². The largest absolute Gasteiger partial charge is 0.493 e. The van der Waals surface area contributed by atoms with Crippen LogP contribution in [0.15, 0.2) is 42.7 Å². The first-order chi connectivity index (χ1) is 13.7. The van der Waals surface area contributed by atoms with Crippen LogP contribution in [0.2, 0.25) is 0 Å². The summed E-state index contributed by atoms with van der Waals surface area (Å²) in [5, 5.41) is 5.95. The molecule has 1 aromatic carbocycles. The molecule has 3 amide bonds. The van der Waals surface area contributed by atoms with Crippen molar-refractivity contribution in [2.24, 2.45) is 0 Å². The van der Waals surface area contributed by atoms with Gasteiger partial charge >= 0.3 is 6.03 Å². The highest BCUT2D eigenvalue weighted by molar-refractivity contribution is 5.79. The Morgan fingerprint density at radius 3 is 3.00 bits per heavy atom. The van der Waals surface area contributed by atoms with E-state index in [4.69, 9.17) is 4.74 Å². The molecule has 0 spiro atoms. The Morgan fingerprint density at radius 2 is 2.21 bits per heavy atom. The first-order valence-corrected chi connectivity index (χ1v) is 9.63. The summed E-state index contributed by atoms with van der Waals surface area (Å²) in [6.45, 7) is 2.10. The standard InChI is InChI=1S/C21H24N4O3/c26-20-6-4-18(24-20)14-25(13-16-2-1-8-22-11-16)21(27)23-12-15-3-5-19-17(10-15)7-9-28-19/h1-3,5,8,10-11,18H,4,6-7,9,12-14H2,(H,23,27)(H,24,26)/t18-/m0/s1. The van der Waals surface area contributed by atoms with Gasteiger partial charge in [-0.1, -0.05) is 18.2 Å². The van der Waals surface area contributed by atoms with Gasteiger partial charge in [-0.15, -0.1) is 0 Å². The van der Waals surface area contributed by atoms with Crippen molar-refractivity contribution in [2.45, 2.75) is 38.4 Å². The summed E-state index contributed by atoms with van der Waals surface area (Å²) in [7, 11) is 0. The van der Waals surface area contributed by atoms with E-state index in [1.807, 2.05) is 24.3 Å². The number of pyridine rings is 1. The van der Waals surface area contributed by atoms with Crippen molar-refractivity contribution in [3.8, 4) is 5.75 Å². The zero-order valence-corrected chi connectivity index (χ0v) is 15.7. The summed E-state index contributed by atoms with van der Waals surface area (Å²) in [4.78, 5) is 30.3. The van der Waals surface area contributed by atoms with Gasteiger partial charge in [-0.2, -0.15) is 0 Å². The number of hydrogen-bond donors (Lipinski definition) is 2. The lowest BCUT2D eigenvalue weighted by molar-refractivity contribution is -0.119. The summed E-state index contributed by atoms with van der Waals surface area (Å²) in [5.74, 6) is 0.984. The maximum absolute atomic E-state index is 12.9. The van der Waals surface area contributed by atoms with Crippen LogP contribution in [0.25, 0.3) is 0 Å². The smallest absolute Gasteiger partial charge is 0.318 e. The maximum atomic E-state index is 12.9. The van der Waals surface area contributed by atoms with Crippen molar-refractivity contribution in [1.82, 2.24) is 20.5 Å². The molecule has 2 aromatic rings. The van der Waals surface area contributed by atoms with E-state index >= 15 is 0 Å². The molecule has 1 aromatic heterocycles. The summed E-state index contributed by atoms with van der Waals surface area (Å²) < 4.78 is 5.53. The minimum Gasteiger partial charge on any atom is -0.493 e. The van der Waals surface area contributed by atoms with Gasteiger partial charge < -0.3 is 20.3 Å². The Kier molecular flexibility index (Phi) is 5.41. The summed E-state index contributed by atoms with van der Waals surface area (Å²) in [5.41, 5.74) is 3.19. The number of hydrogen-bond acceptors (Lipinski definition) is 4. The second kappa shape index (κ2) is 8.29. The predicted molar refractivity (Wildman–Crippen MR) is 104 cm³/mol. The lowest BCUT2D eigenvalue weighted by atomic mass is 10.1. The average Bonchev–Trinajstić information content (AvgIpc) is 3.34. The number of nitrogens with one attached hydrogen (secondary N) is 2. The van der Waals surface area contributed by atoms with Crippen LogP contribution in [0.5, 0.6) is 5.75 Å². The molecule has 0 radical (unpaired) electrons. The van der Waals surface area contributed by atoms with Crippen molar-refractivity contribution in [2.75, 3.05) is 13.2 Å². The van der Waals surface area contributed by atoms with Crippen LogP contribution >= 0.6 is 0 Å². The SMILES string of the molecule is O=C1CC[C@@H](CN(Cc2cccnc2)C(=O)NCc2ccc3c(c2)CCO3)N1. The van der Waals surface area contributed by atoms with Crippen molar-refractivity contribution in [3.63, 3.8) is 0 Å². The average molecular weight is 380 g/mol. The number of ether oxygens (including phenoxy) is 1.